The van der Waals surface area contributed by atoms with Crippen LogP contribution >= 0.6 is 0 Å². The van der Waals surface area contributed by atoms with Crippen molar-refractivity contribution in [2.24, 2.45) is 0 Å². The third-order valence-corrected chi connectivity index (χ3v) is 1.56. The quantitative estimate of drug-likeness (QED) is 0.566. The Balaban J connectivity index is 3.34. The van der Waals surface area contributed by atoms with Crippen LogP contribution in [0.1, 0.15) is 11.3 Å². The van der Waals surface area contributed by atoms with Crippen molar-refractivity contribution in [3.8, 4) is 6.07 Å². The lowest BCUT2D eigenvalue weighted by atomic mass is 10.2. The number of nitriles is 1. The predicted octanol–water partition coefficient (Wildman–Crippen LogP) is 0.352. The Morgan fingerprint density at radius 1 is 1.67 bits per heavy atom. The summed E-state index contributed by atoms with van der Waals surface area (Å²) in [6.45, 7) is 1.68. The Labute approximate surface area is 69.6 Å². The van der Waals surface area contributed by atoms with Crippen LogP contribution in [0, 0.1) is 24.1 Å². The Hall–Kier alpha value is -1.63. The van der Waals surface area contributed by atoms with Gasteiger partial charge in [0.05, 0.1) is 0 Å². The number of nitrogens with zero attached hydrogens (tertiary/aromatic N) is 2. The topological polar surface area (TPSA) is 36.9 Å². The first-order valence-corrected chi connectivity index (χ1v) is 3.35. The van der Waals surface area contributed by atoms with Crippen LogP contribution in [-0.4, -0.2) is 7.11 Å². The molecular weight excluding hydrogens is 159 g/mol. The molecule has 0 unspecified atom stereocenters. The molecule has 0 saturated heterocycles. The molecule has 0 aliphatic rings. The minimum Gasteiger partial charge on any atom is -0.274 e. The molecule has 62 valence electrons. The van der Waals surface area contributed by atoms with Gasteiger partial charge in [0, 0.05) is 17.7 Å². The molecule has 1 aromatic heterocycles. The molecule has 1 aromatic rings. The molecule has 0 amide bonds. The first-order valence-electron chi connectivity index (χ1n) is 3.35. The van der Waals surface area contributed by atoms with Gasteiger partial charge in [-0.25, -0.2) is 4.39 Å². The molecule has 12 heavy (non-hydrogen) atoms. The minimum atomic E-state index is -0.487. The monoisotopic (exact) mass is 167 g/mol. The van der Waals surface area contributed by atoms with Crippen molar-refractivity contribution in [1.82, 2.24) is 0 Å². The van der Waals surface area contributed by atoms with Crippen molar-refractivity contribution < 1.29 is 14.0 Å². The summed E-state index contributed by atoms with van der Waals surface area (Å²) >= 11 is 0. The lowest BCUT2D eigenvalue weighted by Crippen LogP contribution is -2.44. The van der Waals surface area contributed by atoms with Gasteiger partial charge >= 0.3 is 0 Å². The van der Waals surface area contributed by atoms with Crippen LogP contribution in [0.5, 0.6) is 0 Å². The van der Waals surface area contributed by atoms with E-state index in [1.54, 1.807) is 6.92 Å². The molecule has 0 atom stereocenters. The number of rotatable bonds is 1. The van der Waals surface area contributed by atoms with Gasteiger partial charge < -0.3 is 0 Å². The zero-order chi connectivity index (χ0) is 9.14. The van der Waals surface area contributed by atoms with E-state index >= 15 is 0 Å². The summed E-state index contributed by atoms with van der Waals surface area (Å²) < 4.78 is 13.9. The zero-order valence-electron chi connectivity index (χ0n) is 6.84. The van der Waals surface area contributed by atoms with Crippen LogP contribution in [0.25, 0.3) is 0 Å². The molecule has 0 fully saturated rings. The molecule has 0 saturated carbocycles. The van der Waals surface area contributed by atoms with Gasteiger partial charge in [0.15, 0.2) is 5.82 Å². The highest BCUT2D eigenvalue weighted by molar-refractivity contribution is 5.29. The number of hydrogen-bond donors (Lipinski definition) is 0. The second-order valence-electron chi connectivity index (χ2n) is 2.28. The highest BCUT2D eigenvalue weighted by Crippen LogP contribution is 2.02. The molecule has 0 aliphatic heterocycles. The molecule has 0 spiro atoms. The molecule has 0 bridgehead atoms. The zero-order valence-corrected chi connectivity index (χ0v) is 6.84. The number of hydrogen-bond acceptors (Lipinski definition) is 2. The van der Waals surface area contributed by atoms with Gasteiger partial charge in [0.2, 0.25) is 5.69 Å². The van der Waals surface area contributed by atoms with Crippen LogP contribution in [0.2, 0.25) is 0 Å². The number of pyridine rings is 1. The fraction of sp³-hybridized carbons (Fsp3) is 0.250. The average molecular weight is 167 g/mol. The van der Waals surface area contributed by atoms with E-state index in [1.807, 2.05) is 6.07 Å². The molecular formula is C8H8FN2O+. The van der Waals surface area contributed by atoms with Gasteiger partial charge in [-0.1, -0.05) is 0 Å². The summed E-state index contributed by atoms with van der Waals surface area (Å²) in [6.07, 6.45) is 1.18. The fourth-order valence-electron chi connectivity index (χ4n) is 0.910. The van der Waals surface area contributed by atoms with E-state index in [2.05, 4.69) is 0 Å². The van der Waals surface area contributed by atoms with Crippen LogP contribution < -0.4 is 9.57 Å². The molecule has 0 N–H and O–H groups in total. The summed E-state index contributed by atoms with van der Waals surface area (Å²) in [5, 5.41) is 8.58. The van der Waals surface area contributed by atoms with Gasteiger partial charge in [0.1, 0.15) is 18.7 Å². The van der Waals surface area contributed by atoms with E-state index in [-0.39, 0.29) is 5.56 Å². The van der Waals surface area contributed by atoms with Gasteiger partial charge in [-0.15, -0.1) is 0 Å². The van der Waals surface area contributed by atoms with Crippen molar-refractivity contribution in [1.29, 1.82) is 5.26 Å². The first-order chi connectivity index (χ1) is 5.69. The van der Waals surface area contributed by atoms with Gasteiger partial charge in [0.25, 0.3) is 6.20 Å². The summed E-state index contributed by atoms with van der Waals surface area (Å²) in [7, 11) is 1.41. The molecule has 4 heteroatoms. The van der Waals surface area contributed by atoms with Crippen molar-refractivity contribution in [3.05, 3.63) is 29.3 Å². The Morgan fingerprint density at radius 2 is 2.33 bits per heavy atom. The average Bonchev–Trinajstić information content (AvgIpc) is 2.08. The maximum Gasteiger partial charge on any atom is 0.258 e. The van der Waals surface area contributed by atoms with E-state index in [0.29, 0.717) is 5.69 Å². The second-order valence-corrected chi connectivity index (χ2v) is 2.28. The SMILES string of the molecule is CO[n+]1cc(F)cc(C#N)c1C. The largest absolute Gasteiger partial charge is 0.274 e. The van der Waals surface area contributed by atoms with E-state index < -0.39 is 5.82 Å². The summed E-state index contributed by atoms with van der Waals surface area (Å²) in [6, 6.07) is 3.04. The van der Waals surface area contributed by atoms with Gasteiger partial charge in [-0.05, 0) is 0 Å². The van der Waals surface area contributed by atoms with E-state index in [0.717, 1.165) is 0 Å². The molecule has 1 rings (SSSR count). The smallest absolute Gasteiger partial charge is 0.258 e. The summed E-state index contributed by atoms with van der Waals surface area (Å²) in [5.74, 6) is -0.487. The Morgan fingerprint density at radius 3 is 2.83 bits per heavy atom. The van der Waals surface area contributed by atoms with E-state index in [4.69, 9.17) is 10.1 Å². The molecule has 1 heterocycles. The Kier molecular flexibility index (Phi) is 2.24. The number of aromatic nitrogens is 1. The van der Waals surface area contributed by atoms with Crippen molar-refractivity contribution >= 4 is 0 Å². The third-order valence-electron chi connectivity index (χ3n) is 1.56. The van der Waals surface area contributed by atoms with E-state index in [9.17, 15) is 4.39 Å². The normalized spacial score (nSPS) is 9.17. The lowest BCUT2D eigenvalue weighted by Gasteiger charge is -1.96. The maximum absolute atomic E-state index is 12.7. The molecule has 0 radical (unpaired) electrons. The lowest BCUT2D eigenvalue weighted by molar-refractivity contribution is -0.890. The van der Waals surface area contributed by atoms with Crippen LogP contribution in [0.15, 0.2) is 12.3 Å². The van der Waals surface area contributed by atoms with Crippen molar-refractivity contribution in [2.45, 2.75) is 6.92 Å². The first kappa shape index (κ1) is 8.47. The molecule has 3 nitrogen and oxygen atoms in total. The minimum absolute atomic E-state index is 0.275. The van der Waals surface area contributed by atoms with Gasteiger partial charge in [-0.3, -0.25) is 4.84 Å². The standard InChI is InChI=1S/C8H8FN2O/c1-6-7(4-10)3-8(9)5-11(6)12-2/h3,5H,1-2H3/q+1. The van der Waals surface area contributed by atoms with Crippen LogP contribution in [0.3, 0.4) is 0 Å². The highest BCUT2D eigenvalue weighted by atomic mass is 19.1. The predicted molar refractivity (Wildman–Crippen MR) is 38.6 cm³/mol. The Bertz CT molecular complexity index is 344. The van der Waals surface area contributed by atoms with Crippen LogP contribution in [0.4, 0.5) is 4.39 Å². The van der Waals surface area contributed by atoms with Crippen molar-refractivity contribution in [3.63, 3.8) is 0 Å². The highest BCUT2D eigenvalue weighted by Gasteiger charge is 2.14. The summed E-state index contributed by atoms with van der Waals surface area (Å²) in [4.78, 5) is 4.79. The molecule has 0 aromatic carbocycles. The van der Waals surface area contributed by atoms with E-state index in [1.165, 1.54) is 24.1 Å². The van der Waals surface area contributed by atoms with Crippen molar-refractivity contribution in [2.75, 3.05) is 7.11 Å². The second kappa shape index (κ2) is 3.18. The third kappa shape index (κ3) is 1.35. The maximum atomic E-state index is 12.7. The van der Waals surface area contributed by atoms with Crippen LogP contribution in [-0.2, 0) is 0 Å². The van der Waals surface area contributed by atoms with Gasteiger partial charge in [-0.2, -0.15) is 5.26 Å². The summed E-state index contributed by atoms with van der Waals surface area (Å²) in [5.41, 5.74) is 0.859. The number of halogens is 1. The molecule has 0 aliphatic carbocycles. The fourth-order valence-corrected chi connectivity index (χ4v) is 0.910.